The van der Waals surface area contributed by atoms with E-state index in [9.17, 15) is 0 Å². The van der Waals surface area contributed by atoms with Crippen LogP contribution < -0.4 is 4.98 Å². The van der Waals surface area contributed by atoms with Crippen molar-refractivity contribution in [2.75, 3.05) is 6.54 Å². The van der Waals surface area contributed by atoms with Crippen molar-refractivity contribution in [3.63, 3.8) is 0 Å². The zero-order valence-electron chi connectivity index (χ0n) is 7.37. The summed E-state index contributed by atoms with van der Waals surface area (Å²) in [6.45, 7) is 9.68. The van der Waals surface area contributed by atoms with Crippen molar-refractivity contribution < 1.29 is 0 Å². The Bertz CT molecular complexity index is 97.6. The summed E-state index contributed by atoms with van der Waals surface area (Å²) >= 11 is 6.39. The Kier molecular flexibility index (Phi) is 4.57. The van der Waals surface area contributed by atoms with E-state index in [2.05, 4.69) is 32.7 Å². The molecule has 1 unspecified atom stereocenters. The van der Waals surface area contributed by atoms with Crippen LogP contribution in [0.4, 0.5) is 0 Å². The molecule has 0 aliphatic rings. The van der Waals surface area contributed by atoms with Gasteiger partial charge in [0.25, 0.3) is 0 Å². The first-order valence-electron chi connectivity index (χ1n) is 4.00. The highest BCUT2D eigenvalue weighted by Gasteiger charge is 2.31. The van der Waals surface area contributed by atoms with Crippen molar-refractivity contribution in [3.8, 4) is 0 Å². The molecule has 0 aliphatic carbocycles. The molecule has 0 radical (unpaired) electrons. The second kappa shape index (κ2) is 4.37. The molecule has 10 heavy (non-hydrogen) atoms. The van der Waals surface area contributed by atoms with Gasteiger partial charge in [0.15, 0.2) is 0 Å². The lowest BCUT2D eigenvalue weighted by Gasteiger charge is -2.27. The lowest BCUT2D eigenvalue weighted by atomic mass is 10.6. The van der Waals surface area contributed by atoms with Gasteiger partial charge in [-0.15, -0.1) is 11.1 Å². The van der Waals surface area contributed by atoms with Gasteiger partial charge in [0.1, 0.15) is 0 Å². The molecule has 1 atom stereocenters. The maximum Gasteiger partial charge on any atom is 0.228 e. The standard InChI is InChI=1S/C7H18ClNSi/c1-5-9-10(8,6-2)7(3)4/h7,9H,5-6H2,1-4H3. The topological polar surface area (TPSA) is 12.0 Å². The fourth-order valence-corrected chi connectivity index (χ4v) is 3.49. The van der Waals surface area contributed by atoms with Crippen LogP contribution in [0, 0.1) is 0 Å². The van der Waals surface area contributed by atoms with Gasteiger partial charge in [0.2, 0.25) is 7.55 Å². The molecule has 0 saturated carbocycles. The van der Waals surface area contributed by atoms with Crippen LogP contribution in [0.25, 0.3) is 0 Å². The van der Waals surface area contributed by atoms with Gasteiger partial charge in [-0.05, 0) is 18.1 Å². The van der Waals surface area contributed by atoms with Gasteiger partial charge in [0.05, 0.1) is 0 Å². The SMILES string of the molecule is CCN[Si](Cl)(CC)C(C)C. The van der Waals surface area contributed by atoms with E-state index in [1.54, 1.807) is 0 Å². The van der Waals surface area contributed by atoms with Crippen molar-refractivity contribution >= 4 is 18.6 Å². The second-order valence-electron chi connectivity index (χ2n) is 2.90. The Morgan fingerprint density at radius 2 is 1.90 bits per heavy atom. The molecule has 62 valence electrons. The molecule has 0 saturated heterocycles. The molecule has 1 N–H and O–H groups in total. The van der Waals surface area contributed by atoms with Crippen LogP contribution in [-0.2, 0) is 0 Å². The highest BCUT2D eigenvalue weighted by molar-refractivity contribution is 7.19. The fourth-order valence-electron chi connectivity index (χ4n) is 1.03. The maximum absolute atomic E-state index is 6.39. The van der Waals surface area contributed by atoms with E-state index in [-0.39, 0.29) is 0 Å². The first-order chi connectivity index (χ1) is 4.56. The van der Waals surface area contributed by atoms with Gasteiger partial charge in [-0.1, -0.05) is 27.7 Å². The van der Waals surface area contributed by atoms with Crippen molar-refractivity contribution in [2.45, 2.75) is 39.3 Å². The quantitative estimate of drug-likeness (QED) is 0.517. The van der Waals surface area contributed by atoms with Crippen LogP contribution in [-0.4, -0.2) is 14.1 Å². The Hall–Kier alpha value is 0.467. The normalized spacial score (nSPS) is 17.4. The molecule has 0 bridgehead atoms. The van der Waals surface area contributed by atoms with Crippen LogP contribution in [0.15, 0.2) is 0 Å². The average molecular weight is 180 g/mol. The number of hydrogen-bond donors (Lipinski definition) is 1. The molecular formula is C7H18ClNSi. The molecule has 0 heterocycles. The second-order valence-corrected chi connectivity index (χ2v) is 8.86. The smallest absolute Gasteiger partial charge is 0.228 e. The van der Waals surface area contributed by atoms with Gasteiger partial charge in [-0.2, -0.15) is 0 Å². The average Bonchev–Trinajstić information content (AvgIpc) is 1.88. The summed E-state index contributed by atoms with van der Waals surface area (Å²) in [4.78, 5) is 3.41. The molecular weight excluding hydrogens is 162 g/mol. The highest BCUT2D eigenvalue weighted by Crippen LogP contribution is 2.25. The minimum absolute atomic E-state index is 0.624. The predicted molar refractivity (Wildman–Crippen MR) is 50.9 cm³/mol. The summed E-state index contributed by atoms with van der Waals surface area (Å²) in [7, 11) is -1.58. The van der Waals surface area contributed by atoms with E-state index >= 15 is 0 Å². The molecule has 0 aromatic rings. The third-order valence-electron chi connectivity index (χ3n) is 1.90. The molecule has 0 aromatic heterocycles. The number of nitrogens with one attached hydrogen (secondary N) is 1. The Morgan fingerprint density at radius 3 is 2.00 bits per heavy atom. The van der Waals surface area contributed by atoms with E-state index in [1.165, 1.54) is 0 Å². The fraction of sp³-hybridized carbons (Fsp3) is 1.00. The Morgan fingerprint density at radius 1 is 1.40 bits per heavy atom. The van der Waals surface area contributed by atoms with Crippen LogP contribution in [0.3, 0.4) is 0 Å². The minimum Gasteiger partial charge on any atom is -0.325 e. The third kappa shape index (κ3) is 2.60. The van der Waals surface area contributed by atoms with Crippen LogP contribution in [0.5, 0.6) is 0 Å². The maximum atomic E-state index is 6.39. The van der Waals surface area contributed by atoms with Crippen molar-refractivity contribution in [2.24, 2.45) is 0 Å². The molecule has 0 spiro atoms. The molecule has 0 aliphatic heterocycles. The first-order valence-corrected chi connectivity index (χ1v) is 7.30. The van der Waals surface area contributed by atoms with Crippen molar-refractivity contribution in [3.05, 3.63) is 0 Å². The summed E-state index contributed by atoms with van der Waals surface area (Å²) in [6, 6.07) is 1.11. The molecule has 3 heteroatoms. The zero-order valence-corrected chi connectivity index (χ0v) is 9.13. The van der Waals surface area contributed by atoms with E-state index in [1.807, 2.05) is 0 Å². The predicted octanol–water partition coefficient (Wildman–Crippen LogP) is 2.71. The van der Waals surface area contributed by atoms with E-state index in [4.69, 9.17) is 11.1 Å². The van der Waals surface area contributed by atoms with Crippen LogP contribution in [0.2, 0.25) is 11.6 Å². The molecule has 0 rings (SSSR count). The van der Waals surface area contributed by atoms with Gasteiger partial charge >= 0.3 is 0 Å². The Balaban J connectivity index is 3.94. The monoisotopic (exact) mass is 179 g/mol. The van der Waals surface area contributed by atoms with Crippen molar-refractivity contribution in [1.82, 2.24) is 4.98 Å². The summed E-state index contributed by atoms with van der Waals surface area (Å²) in [6.07, 6.45) is 0. The number of halogens is 1. The Labute approximate surface area is 69.9 Å². The van der Waals surface area contributed by atoms with Crippen LogP contribution in [0.1, 0.15) is 27.7 Å². The summed E-state index contributed by atoms with van der Waals surface area (Å²) < 4.78 is 0. The molecule has 0 fully saturated rings. The molecule has 0 amide bonds. The first kappa shape index (κ1) is 10.5. The van der Waals surface area contributed by atoms with Gasteiger partial charge in [-0.25, -0.2) is 0 Å². The minimum atomic E-state index is -1.58. The summed E-state index contributed by atoms with van der Waals surface area (Å²) in [5, 5.41) is 0. The summed E-state index contributed by atoms with van der Waals surface area (Å²) in [5.41, 5.74) is 0.624. The van der Waals surface area contributed by atoms with Crippen LogP contribution >= 0.6 is 11.1 Å². The van der Waals surface area contributed by atoms with Crippen molar-refractivity contribution in [1.29, 1.82) is 0 Å². The zero-order chi connectivity index (χ0) is 8.20. The number of rotatable bonds is 4. The third-order valence-corrected chi connectivity index (χ3v) is 8.21. The lowest BCUT2D eigenvalue weighted by molar-refractivity contribution is 0.888. The van der Waals surface area contributed by atoms with E-state index < -0.39 is 7.55 Å². The molecule has 0 aromatic carbocycles. The van der Waals surface area contributed by atoms with Gasteiger partial charge in [0, 0.05) is 0 Å². The van der Waals surface area contributed by atoms with E-state index in [0.717, 1.165) is 12.6 Å². The number of hydrogen-bond acceptors (Lipinski definition) is 1. The molecule has 1 nitrogen and oxygen atoms in total. The van der Waals surface area contributed by atoms with Gasteiger partial charge < -0.3 is 4.98 Å². The highest BCUT2D eigenvalue weighted by atomic mass is 35.6. The summed E-state index contributed by atoms with van der Waals surface area (Å²) in [5.74, 6) is 0. The van der Waals surface area contributed by atoms with E-state index in [0.29, 0.717) is 5.54 Å². The van der Waals surface area contributed by atoms with Gasteiger partial charge in [-0.3, -0.25) is 0 Å². The largest absolute Gasteiger partial charge is 0.325 e. The lowest BCUT2D eigenvalue weighted by Crippen LogP contribution is -2.47.